The van der Waals surface area contributed by atoms with Crippen LogP contribution >= 0.6 is 15.9 Å². The molecule has 2 rings (SSSR count). The summed E-state index contributed by atoms with van der Waals surface area (Å²) in [5.41, 5.74) is 0.471. The Balaban J connectivity index is 2.16. The molecule has 1 saturated heterocycles. The van der Waals surface area contributed by atoms with Crippen molar-refractivity contribution in [2.75, 3.05) is 24.5 Å². The Morgan fingerprint density at radius 2 is 2.18 bits per heavy atom. The van der Waals surface area contributed by atoms with Crippen molar-refractivity contribution in [2.45, 2.75) is 19.4 Å². The summed E-state index contributed by atoms with van der Waals surface area (Å²) >= 11 is 3.09. The van der Waals surface area contributed by atoms with Crippen LogP contribution in [-0.2, 0) is 0 Å². The van der Waals surface area contributed by atoms with Gasteiger partial charge in [0, 0.05) is 25.2 Å². The third-order valence-electron chi connectivity index (χ3n) is 3.01. The Bertz CT molecular complexity index is 412. The number of nitrogens with zero attached hydrogens (tertiary/aromatic N) is 1. The first-order valence-corrected chi connectivity index (χ1v) is 6.54. The molecule has 1 aliphatic rings. The molecule has 2 nitrogen and oxygen atoms in total. The van der Waals surface area contributed by atoms with Crippen LogP contribution in [0.1, 0.15) is 13.3 Å². The van der Waals surface area contributed by atoms with Crippen molar-refractivity contribution in [1.82, 2.24) is 5.32 Å². The third kappa shape index (κ3) is 2.77. The first kappa shape index (κ1) is 12.8. The van der Waals surface area contributed by atoms with Gasteiger partial charge in [0.25, 0.3) is 0 Å². The van der Waals surface area contributed by atoms with E-state index in [1.165, 1.54) is 6.07 Å². The lowest BCUT2D eigenvalue weighted by molar-refractivity contribution is 0.566. The second-order valence-corrected chi connectivity index (χ2v) is 5.06. The maximum absolute atomic E-state index is 13.7. The molecule has 1 aromatic carbocycles. The minimum absolute atomic E-state index is 0.306. The van der Waals surface area contributed by atoms with Gasteiger partial charge in [-0.1, -0.05) is 6.92 Å². The first-order chi connectivity index (χ1) is 8.11. The number of likely N-dealkylation sites (N-methyl/N-ethyl adjacent to an activating group) is 1. The topological polar surface area (TPSA) is 15.3 Å². The zero-order valence-corrected chi connectivity index (χ0v) is 11.2. The molecule has 1 heterocycles. The van der Waals surface area contributed by atoms with Crippen LogP contribution in [0.15, 0.2) is 16.6 Å². The Kier molecular flexibility index (Phi) is 3.99. The van der Waals surface area contributed by atoms with Crippen LogP contribution in [0.25, 0.3) is 0 Å². The van der Waals surface area contributed by atoms with Gasteiger partial charge in [-0.25, -0.2) is 8.78 Å². The second-order valence-electron chi connectivity index (χ2n) is 4.21. The smallest absolute Gasteiger partial charge is 0.149 e. The minimum Gasteiger partial charge on any atom is -0.368 e. The predicted octanol–water partition coefficient (Wildman–Crippen LogP) is 2.92. The second kappa shape index (κ2) is 5.31. The molecule has 0 spiro atoms. The van der Waals surface area contributed by atoms with Gasteiger partial charge in [0.2, 0.25) is 0 Å². The van der Waals surface area contributed by atoms with E-state index in [-0.39, 0.29) is 0 Å². The highest BCUT2D eigenvalue weighted by atomic mass is 79.9. The fourth-order valence-corrected chi connectivity index (χ4v) is 2.52. The van der Waals surface area contributed by atoms with E-state index in [1.54, 1.807) is 0 Å². The standard InChI is InChI=1S/C12H15BrF2N2/c1-2-16-8-3-4-17(7-8)12-5-9(13)10(14)6-11(12)15/h5-6,8,16H,2-4,7H2,1H3. The fourth-order valence-electron chi connectivity index (χ4n) is 2.19. The summed E-state index contributed by atoms with van der Waals surface area (Å²) in [6.45, 7) is 4.53. The van der Waals surface area contributed by atoms with Gasteiger partial charge < -0.3 is 10.2 Å². The number of hydrogen-bond acceptors (Lipinski definition) is 2. The first-order valence-electron chi connectivity index (χ1n) is 5.74. The molecule has 1 aliphatic heterocycles. The largest absolute Gasteiger partial charge is 0.368 e. The molecule has 0 bridgehead atoms. The van der Waals surface area contributed by atoms with E-state index in [1.807, 2.05) is 4.90 Å². The molecule has 1 fully saturated rings. The van der Waals surface area contributed by atoms with E-state index in [4.69, 9.17) is 0 Å². The van der Waals surface area contributed by atoms with Gasteiger partial charge in [0.15, 0.2) is 0 Å². The highest BCUT2D eigenvalue weighted by Gasteiger charge is 2.24. The molecule has 0 radical (unpaired) electrons. The predicted molar refractivity (Wildman–Crippen MR) is 68.4 cm³/mol. The van der Waals surface area contributed by atoms with Crippen LogP contribution in [0.2, 0.25) is 0 Å². The monoisotopic (exact) mass is 304 g/mol. The number of nitrogens with one attached hydrogen (secondary N) is 1. The highest BCUT2D eigenvalue weighted by Crippen LogP contribution is 2.29. The van der Waals surface area contributed by atoms with E-state index in [2.05, 4.69) is 28.2 Å². The van der Waals surface area contributed by atoms with Gasteiger partial charge in [-0.15, -0.1) is 0 Å². The van der Waals surface area contributed by atoms with Gasteiger partial charge in [-0.2, -0.15) is 0 Å². The van der Waals surface area contributed by atoms with Gasteiger partial charge >= 0.3 is 0 Å². The van der Waals surface area contributed by atoms with Crippen LogP contribution in [0.5, 0.6) is 0 Å². The van der Waals surface area contributed by atoms with Crippen LogP contribution in [-0.4, -0.2) is 25.7 Å². The zero-order valence-electron chi connectivity index (χ0n) is 9.64. The maximum atomic E-state index is 13.7. The lowest BCUT2D eigenvalue weighted by atomic mass is 10.2. The van der Waals surface area contributed by atoms with Gasteiger partial charge in [-0.3, -0.25) is 0 Å². The molecular formula is C12H15BrF2N2. The molecule has 5 heteroatoms. The number of benzene rings is 1. The van der Waals surface area contributed by atoms with Crippen molar-refractivity contribution in [3.63, 3.8) is 0 Å². The summed E-state index contributed by atoms with van der Waals surface area (Å²) in [5, 5.41) is 3.34. The van der Waals surface area contributed by atoms with Crippen molar-refractivity contribution < 1.29 is 8.78 Å². The Morgan fingerprint density at radius 3 is 2.88 bits per heavy atom. The fraction of sp³-hybridized carbons (Fsp3) is 0.500. The molecule has 1 aromatic rings. The SMILES string of the molecule is CCNC1CCN(c2cc(Br)c(F)cc2F)C1. The maximum Gasteiger partial charge on any atom is 0.149 e. The molecule has 0 saturated carbocycles. The number of rotatable bonds is 3. The third-order valence-corrected chi connectivity index (χ3v) is 3.62. The van der Waals surface area contributed by atoms with Crippen LogP contribution in [0.3, 0.4) is 0 Å². The summed E-state index contributed by atoms with van der Waals surface area (Å²) in [4.78, 5) is 1.95. The molecule has 17 heavy (non-hydrogen) atoms. The summed E-state index contributed by atoms with van der Waals surface area (Å²) < 4.78 is 27.1. The molecule has 1 atom stereocenters. The molecule has 1 unspecified atom stereocenters. The van der Waals surface area contributed by atoms with Crippen molar-refractivity contribution >= 4 is 21.6 Å². The average Bonchev–Trinajstić information content (AvgIpc) is 2.72. The summed E-state index contributed by atoms with van der Waals surface area (Å²) in [7, 11) is 0. The molecule has 0 amide bonds. The van der Waals surface area contributed by atoms with Crippen LogP contribution in [0, 0.1) is 11.6 Å². The molecule has 0 aromatic heterocycles. The minimum atomic E-state index is -0.561. The Labute approximate surface area is 108 Å². The zero-order chi connectivity index (χ0) is 12.4. The summed E-state index contributed by atoms with van der Waals surface area (Å²) in [6.07, 6.45) is 0.988. The van der Waals surface area contributed by atoms with Crippen molar-refractivity contribution in [1.29, 1.82) is 0 Å². The van der Waals surface area contributed by atoms with E-state index in [9.17, 15) is 8.78 Å². The number of hydrogen-bond donors (Lipinski definition) is 1. The molecule has 94 valence electrons. The number of anilines is 1. The van der Waals surface area contributed by atoms with Gasteiger partial charge in [0.1, 0.15) is 11.6 Å². The van der Waals surface area contributed by atoms with E-state index in [0.29, 0.717) is 16.2 Å². The molecule has 1 N–H and O–H groups in total. The van der Waals surface area contributed by atoms with Crippen molar-refractivity contribution in [3.05, 3.63) is 28.2 Å². The Morgan fingerprint density at radius 1 is 1.41 bits per heavy atom. The average molecular weight is 305 g/mol. The lowest BCUT2D eigenvalue weighted by Crippen LogP contribution is -2.32. The normalized spacial score (nSPS) is 20.0. The van der Waals surface area contributed by atoms with E-state index >= 15 is 0 Å². The van der Waals surface area contributed by atoms with Crippen LogP contribution in [0.4, 0.5) is 14.5 Å². The lowest BCUT2D eigenvalue weighted by Gasteiger charge is -2.20. The summed E-state index contributed by atoms with van der Waals surface area (Å²) in [6, 6.07) is 2.84. The highest BCUT2D eigenvalue weighted by molar-refractivity contribution is 9.10. The van der Waals surface area contributed by atoms with Crippen LogP contribution < -0.4 is 10.2 Å². The summed E-state index contributed by atoms with van der Waals surface area (Å²) in [5.74, 6) is -1.06. The van der Waals surface area contributed by atoms with Crippen molar-refractivity contribution in [3.8, 4) is 0 Å². The molecular weight excluding hydrogens is 290 g/mol. The number of halogens is 3. The quantitative estimate of drug-likeness (QED) is 0.864. The van der Waals surface area contributed by atoms with Crippen molar-refractivity contribution in [2.24, 2.45) is 0 Å². The van der Waals surface area contributed by atoms with E-state index in [0.717, 1.165) is 32.1 Å². The van der Waals surface area contributed by atoms with Gasteiger partial charge in [0.05, 0.1) is 10.2 Å². The van der Waals surface area contributed by atoms with Gasteiger partial charge in [-0.05, 0) is 35.0 Å². The molecule has 0 aliphatic carbocycles. The van der Waals surface area contributed by atoms with E-state index < -0.39 is 11.6 Å². The Hall–Kier alpha value is -0.680.